The summed E-state index contributed by atoms with van der Waals surface area (Å²) in [5.41, 5.74) is 0. The molecule has 0 heterocycles. The fourth-order valence-electron chi connectivity index (χ4n) is 2.73. The molecular formula is C22H41. The minimum atomic E-state index is 1.20. The van der Waals surface area contributed by atoms with Crippen LogP contribution in [0.5, 0.6) is 0 Å². The van der Waals surface area contributed by atoms with Crippen molar-refractivity contribution in [1.82, 2.24) is 0 Å². The van der Waals surface area contributed by atoms with E-state index in [1.54, 1.807) is 0 Å². The van der Waals surface area contributed by atoms with Gasteiger partial charge in [-0.2, -0.15) is 0 Å². The second-order valence-corrected chi connectivity index (χ2v) is 6.59. The van der Waals surface area contributed by atoms with Crippen molar-refractivity contribution in [3.63, 3.8) is 0 Å². The van der Waals surface area contributed by atoms with Gasteiger partial charge in [-0.15, -0.1) is 0 Å². The summed E-state index contributed by atoms with van der Waals surface area (Å²) in [6, 6.07) is 0. The van der Waals surface area contributed by atoms with Crippen LogP contribution in [-0.2, 0) is 0 Å². The maximum absolute atomic E-state index is 3.31. The van der Waals surface area contributed by atoms with Gasteiger partial charge in [0.1, 0.15) is 0 Å². The summed E-state index contributed by atoms with van der Waals surface area (Å²) < 4.78 is 0. The molecule has 0 heteroatoms. The lowest BCUT2D eigenvalue weighted by molar-refractivity contribution is 0.577. The Bertz CT molecular complexity index is 236. The summed E-state index contributed by atoms with van der Waals surface area (Å²) in [5.74, 6) is 0. The van der Waals surface area contributed by atoms with Gasteiger partial charge in [-0.25, -0.2) is 0 Å². The van der Waals surface area contributed by atoms with Crippen LogP contribution in [0.15, 0.2) is 18.2 Å². The van der Waals surface area contributed by atoms with Gasteiger partial charge in [-0.05, 0) is 31.8 Å². The molecule has 0 fully saturated rings. The second kappa shape index (κ2) is 20.5. The molecule has 1 radical (unpaired) electrons. The minimum absolute atomic E-state index is 1.20. The molecule has 0 rings (SSSR count). The maximum Gasteiger partial charge on any atom is -0.0230 e. The summed E-state index contributed by atoms with van der Waals surface area (Å²) in [7, 11) is 0. The predicted molar refractivity (Wildman–Crippen MR) is 102 cm³/mol. The van der Waals surface area contributed by atoms with Crippen molar-refractivity contribution >= 4 is 0 Å². The van der Waals surface area contributed by atoms with Crippen LogP contribution in [0, 0.1) is 6.08 Å². The zero-order valence-electron chi connectivity index (χ0n) is 15.5. The van der Waals surface area contributed by atoms with E-state index in [0.717, 1.165) is 0 Å². The Morgan fingerprint density at radius 2 is 1.00 bits per heavy atom. The average Bonchev–Trinajstić information content (AvgIpc) is 2.54. The van der Waals surface area contributed by atoms with Gasteiger partial charge in [-0.1, -0.05) is 109 Å². The molecular weight excluding hydrogens is 264 g/mol. The fraction of sp³-hybridized carbons (Fsp3) is 0.818. The molecule has 0 aliphatic carbocycles. The molecule has 0 amide bonds. The summed E-state index contributed by atoms with van der Waals surface area (Å²) in [4.78, 5) is 0. The van der Waals surface area contributed by atoms with Gasteiger partial charge in [0, 0.05) is 0 Å². The van der Waals surface area contributed by atoms with Gasteiger partial charge in [0.05, 0.1) is 0 Å². The van der Waals surface area contributed by atoms with E-state index in [2.05, 4.69) is 38.2 Å². The molecule has 0 aromatic heterocycles. The number of unbranched alkanes of at least 4 members (excludes halogenated alkanes) is 14. The van der Waals surface area contributed by atoms with Gasteiger partial charge in [-0.3, -0.25) is 0 Å². The van der Waals surface area contributed by atoms with Crippen molar-refractivity contribution in [2.75, 3.05) is 0 Å². The third kappa shape index (κ3) is 19.5. The van der Waals surface area contributed by atoms with Gasteiger partial charge >= 0.3 is 0 Å². The van der Waals surface area contributed by atoms with Crippen molar-refractivity contribution in [3.8, 4) is 0 Å². The quantitative estimate of drug-likeness (QED) is 0.188. The van der Waals surface area contributed by atoms with Gasteiger partial charge < -0.3 is 0 Å². The first-order valence-corrected chi connectivity index (χ1v) is 10.1. The van der Waals surface area contributed by atoms with Crippen molar-refractivity contribution in [1.29, 1.82) is 0 Å². The van der Waals surface area contributed by atoms with E-state index in [-0.39, 0.29) is 0 Å². The summed E-state index contributed by atoms with van der Waals surface area (Å²) in [6.07, 6.45) is 31.9. The molecule has 0 aromatic carbocycles. The van der Waals surface area contributed by atoms with Gasteiger partial charge in [0.25, 0.3) is 0 Å². The smallest absolute Gasteiger partial charge is 0.0230 e. The van der Waals surface area contributed by atoms with Crippen molar-refractivity contribution in [2.45, 2.75) is 117 Å². The van der Waals surface area contributed by atoms with Crippen molar-refractivity contribution in [2.24, 2.45) is 0 Å². The Morgan fingerprint density at radius 3 is 1.55 bits per heavy atom. The molecule has 0 unspecified atom stereocenters. The van der Waals surface area contributed by atoms with Crippen molar-refractivity contribution in [3.05, 3.63) is 24.3 Å². The maximum atomic E-state index is 3.31. The van der Waals surface area contributed by atoms with Crippen LogP contribution in [0.3, 0.4) is 0 Å². The van der Waals surface area contributed by atoms with Gasteiger partial charge in [0.15, 0.2) is 0 Å². The first-order valence-electron chi connectivity index (χ1n) is 10.1. The second-order valence-electron chi connectivity index (χ2n) is 6.59. The zero-order chi connectivity index (χ0) is 16.1. The van der Waals surface area contributed by atoms with E-state index in [1.165, 1.54) is 103 Å². The van der Waals surface area contributed by atoms with E-state index in [9.17, 15) is 0 Å². The topological polar surface area (TPSA) is 0 Å². The highest BCUT2D eigenvalue weighted by atomic mass is 14.0. The molecule has 0 aromatic rings. The Morgan fingerprint density at radius 1 is 0.545 bits per heavy atom. The van der Waals surface area contributed by atoms with Gasteiger partial charge in [0.2, 0.25) is 0 Å². The number of hydrogen-bond donors (Lipinski definition) is 0. The van der Waals surface area contributed by atoms with Crippen LogP contribution in [-0.4, -0.2) is 0 Å². The van der Waals surface area contributed by atoms with E-state index in [1.807, 2.05) is 0 Å². The SMILES string of the molecule is CCCCCCCCC=C/[C]=C/CCCCCCCCCC. The summed E-state index contributed by atoms with van der Waals surface area (Å²) in [6.45, 7) is 4.56. The van der Waals surface area contributed by atoms with Crippen LogP contribution >= 0.6 is 0 Å². The Kier molecular flexibility index (Phi) is 20.0. The summed E-state index contributed by atoms with van der Waals surface area (Å²) >= 11 is 0. The molecule has 22 heavy (non-hydrogen) atoms. The molecule has 0 aliphatic heterocycles. The molecule has 129 valence electrons. The molecule has 0 spiro atoms. The van der Waals surface area contributed by atoms with Crippen LogP contribution in [0.25, 0.3) is 0 Å². The van der Waals surface area contributed by atoms with Crippen LogP contribution in [0.2, 0.25) is 0 Å². The highest BCUT2D eigenvalue weighted by molar-refractivity contribution is 4.94. The Balaban J connectivity index is 3.14. The van der Waals surface area contributed by atoms with Crippen LogP contribution in [0.4, 0.5) is 0 Å². The molecule has 0 aliphatic rings. The molecule has 0 N–H and O–H groups in total. The Hall–Kier alpha value is -0.520. The third-order valence-electron chi connectivity index (χ3n) is 4.26. The average molecular weight is 306 g/mol. The minimum Gasteiger partial charge on any atom is -0.0839 e. The molecule has 0 saturated carbocycles. The van der Waals surface area contributed by atoms with E-state index in [0.29, 0.717) is 0 Å². The fourth-order valence-corrected chi connectivity index (χ4v) is 2.73. The molecule has 0 bridgehead atoms. The largest absolute Gasteiger partial charge is 0.0839 e. The first kappa shape index (κ1) is 21.5. The standard InChI is InChI=1S/C22H41/c1-3-5-7-9-11-13-15-17-19-21-22-20-18-16-14-12-10-8-6-4-2/h17,19,22H,3-16,18,20H2,1-2H3. The number of hydrogen-bond acceptors (Lipinski definition) is 0. The normalized spacial score (nSPS) is 11.9. The summed E-state index contributed by atoms with van der Waals surface area (Å²) in [5, 5.41) is 0. The number of allylic oxidation sites excluding steroid dienone is 4. The lowest BCUT2D eigenvalue weighted by Crippen LogP contribution is -1.79. The molecule has 0 saturated heterocycles. The van der Waals surface area contributed by atoms with E-state index in [4.69, 9.17) is 0 Å². The third-order valence-corrected chi connectivity index (χ3v) is 4.26. The lowest BCUT2D eigenvalue weighted by Gasteiger charge is -1.99. The van der Waals surface area contributed by atoms with Crippen LogP contribution < -0.4 is 0 Å². The monoisotopic (exact) mass is 305 g/mol. The lowest BCUT2D eigenvalue weighted by atomic mass is 10.1. The zero-order valence-corrected chi connectivity index (χ0v) is 15.5. The predicted octanol–water partition coefficient (Wildman–Crippen LogP) is 8.18. The number of rotatable bonds is 17. The van der Waals surface area contributed by atoms with E-state index < -0.39 is 0 Å². The molecule has 0 atom stereocenters. The highest BCUT2D eigenvalue weighted by Crippen LogP contribution is 2.10. The highest BCUT2D eigenvalue weighted by Gasteiger charge is 1.90. The Labute approximate surface area is 141 Å². The van der Waals surface area contributed by atoms with Crippen LogP contribution in [0.1, 0.15) is 117 Å². The van der Waals surface area contributed by atoms with E-state index >= 15 is 0 Å². The molecule has 0 nitrogen and oxygen atoms in total. The first-order chi connectivity index (χ1) is 10.9. The van der Waals surface area contributed by atoms with Crippen molar-refractivity contribution < 1.29 is 0 Å².